The Morgan fingerprint density at radius 1 is 1.36 bits per heavy atom. The lowest BCUT2D eigenvalue weighted by atomic mass is 9.83. The molecule has 1 saturated carbocycles. The first-order chi connectivity index (χ1) is 6.95. The summed E-state index contributed by atoms with van der Waals surface area (Å²) in [5.41, 5.74) is 0. The molecule has 0 spiro atoms. The van der Waals surface area contributed by atoms with Crippen molar-refractivity contribution >= 4 is 11.3 Å². The maximum Gasteiger partial charge on any atom is 0.00578 e. The fraction of sp³-hybridized carbons (Fsp3) is 0.667. The van der Waals surface area contributed by atoms with Gasteiger partial charge >= 0.3 is 0 Å². The molecule has 0 saturated heterocycles. The average molecular weight is 209 g/mol. The minimum Gasteiger partial charge on any atom is -0.316 e. The average Bonchev–Trinajstić information content (AvgIpc) is 2.60. The van der Waals surface area contributed by atoms with Crippen molar-refractivity contribution in [2.24, 2.45) is 5.92 Å². The molecule has 1 N–H and O–H groups in total. The van der Waals surface area contributed by atoms with Gasteiger partial charge in [0.15, 0.2) is 0 Å². The molecule has 0 bridgehead atoms. The summed E-state index contributed by atoms with van der Waals surface area (Å²) in [6, 6.07) is 4.35. The highest BCUT2D eigenvalue weighted by Gasteiger charge is 2.15. The minimum atomic E-state index is 1.05. The van der Waals surface area contributed by atoms with Crippen LogP contribution in [0.1, 0.15) is 30.6 Å². The Bertz CT molecular complexity index is 239. The Balaban J connectivity index is 1.47. The second-order valence-electron chi connectivity index (χ2n) is 4.16. The largest absolute Gasteiger partial charge is 0.316 e. The van der Waals surface area contributed by atoms with Gasteiger partial charge in [0.25, 0.3) is 0 Å². The van der Waals surface area contributed by atoms with E-state index in [2.05, 4.69) is 22.8 Å². The normalized spacial score (nSPS) is 16.9. The van der Waals surface area contributed by atoms with Crippen molar-refractivity contribution in [1.82, 2.24) is 5.32 Å². The number of hydrogen-bond acceptors (Lipinski definition) is 2. The maximum absolute atomic E-state index is 3.53. The summed E-state index contributed by atoms with van der Waals surface area (Å²) in [4.78, 5) is 1.50. The van der Waals surface area contributed by atoms with E-state index in [0.29, 0.717) is 0 Å². The summed E-state index contributed by atoms with van der Waals surface area (Å²) in [5, 5.41) is 5.69. The van der Waals surface area contributed by atoms with Gasteiger partial charge in [-0.1, -0.05) is 25.3 Å². The molecule has 1 heterocycles. The van der Waals surface area contributed by atoms with Crippen LogP contribution in [0.25, 0.3) is 0 Å². The van der Waals surface area contributed by atoms with Gasteiger partial charge in [0.1, 0.15) is 0 Å². The van der Waals surface area contributed by atoms with Crippen molar-refractivity contribution in [3.05, 3.63) is 22.4 Å². The molecule has 14 heavy (non-hydrogen) atoms. The molecule has 0 atom stereocenters. The van der Waals surface area contributed by atoms with Gasteiger partial charge in [0, 0.05) is 4.88 Å². The predicted octanol–water partition coefficient (Wildman–Crippen LogP) is 3.07. The lowest BCUT2D eigenvalue weighted by Crippen LogP contribution is -2.23. The number of hydrogen-bond donors (Lipinski definition) is 1. The number of rotatable bonds is 6. The van der Waals surface area contributed by atoms with Crippen LogP contribution in [0.2, 0.25) is 0 Å². The third-order valence-corrected chi connectivity index (χ3v) is 4.02. The highest BCUT2D eigenvalue weighted by atomic mass is 32.1. The lowest BCUT2D eigenvalue weighted by Gasteiger charge is -2.25. The third-order valence-electron chi connectivity index (χ3n) is 3.08. The molecule has 1 aliphatic carbocycles. The lowest BCUT2D eigenvalue weighted by molar-refractivity contribution is 0.292. The monoisotopic (exact) mass is 209 g/mol. The molecule has 0 amide bonds. The second kappa shape index (κ2) is 5.52. The van der Waals surface area contributed by atoms with E-state index in [1.165, 1.54) is 43.5 Å². The van der Waals surface area contributed by atoms with Crippen LogP contribution in [0.4, 0.5) is 0 Å². The molecule has 1 nitrogen and oxygen atoms in total. The molecule has 2 heteroatoms. The summed E-state index contributed by atoms with van der Waals surface area (Å²) in [7, 11) is 0. The highest BCUT2D eigenvalue weighted by Crippen LogP contribution is 2.28. The molecule has 78 valence electrons. The van der Waals surface area contributed by atoms with Gasteiger partial charge in [-0.15, -0.1) is 11.3 Å². The van der Waals surface area contributed by atoms with Gasteiger partial charge in [-0.3, -0.25) is 0 Å². The third kappa shape index (κ3) is 3.10. The van der Waals surface area contributed by atoms with Crippen LogP contribution < -0.4 is 5.32 Å². The van der Waals surface area contributed by atoms with Gasteiger partial charge < -0.3 is 5.32 Å². The molecule has 0 unspecified atom stereocenters. The summed E-state index contributed by atoms with van der Waals surface area (Å²) in [5.74, 6) is 1.05. The van der Waals surface area contributed by atoms with Crippen molar-refractivity contribution in [2.75, 3.05) is 13.1 Å². The van der Waals surface area contributed by atoms with Crippen LogP contribution in [-0.4, -0.2) is 13.1 Å². The summed E-state index contributed by atoms with van der Waals surface area (Å²) in [6.07, 6.45) is 7.02. The van der Waals surface area contributed by atoms with Crippen molar-refractivity contribution in [1.29, 1.82) is 0 Å². The van der Waals surface area contributed by atoms with E-state index in [-0.39, 0.29) is 0 Å². The van der Waals surface area contributed by atoms with Gasteiger partial charge in [0.05, 0.1) is 0 Å². The Hall–Kier alpha value is -0.340. The van der Waals surface area contributed by atoms with Crippen molar-refractivity contribution in [3.8, 4) is 0 Å². The second-order valence-corrected chi connectivity index (χ2v) is 5.20. The molecule has 1 fully saturated rings. The maximum atomic E-state index is 3.53. The highest BCUT2D eigenvalue weighted by molar-refractivity contribution is 7.09. The van der Waals surface area contributed by atoms with E-state index >= 15 is 0 Å². The minimum absolute atomic E-state index is 1.05. The number of nitrogens with one attached hydrogen (secondary N) is 1. The van der Waals surface area contributed by atoms with Crippen LogP contribution >= 0.6 is 11.3 Å². The van der Waals surface area contributed by atoms with Gasteiger partial charge in [-0.2, -0.15) is 0 Å². The zero-order chi connectivity index (χ0) is 9.64. The van der Waals surface area contributed by atoms with Gasteiger partial charge in [0.2, 0.25) is 0 Å². The SMILES string of the molecule is c1csc(CCNCCC2CCC2)c1. The molecule has 1 aromatic rings. The standard InChI is InChI=1S/C12H19NS/c1-3-11(4-1)6-8-13-9-7-12-5-2-10-14-12/h2,5,10-11,13H,1,3-4,6-9H2. The first-order valence-electron chi connectivity index (χ1n) is 5.68. The van der Waals surface area contributed by atoms with Gasteiger partial charge in [-0.25, -0.2) is 0 Å². The number of thiophene rings is 1. The Morgan fingerprint density at radius 2 is 2.29 bits per heavy atom. The summed E-state index contributed by atoms with van der Waals surface area (Å²) < 4.78 is 0. The van der Waals surface area contributed by atoms with Crippen molar-refractivity contribution < 1.29 is 0 Å². The first kappa shape index (κ1) is 10.2. The molecule has 1 aromatic heterocycles. The van der Waals surface area contributed by atoms with Gasteiger partial charge in [-0.05, 0) is 43.3 Å². The Morgan fingerprint density at radius 3 is 2.93 bits per heavy atom. The summed E-state index contributed by atoms with van der Waals surface area (Å²) in [6.45, 7) is 2.36. The van der Waals surface area contributed by atoms with E-state index in [1.807, 2.05) is 11.3 Å². The van der Waals surface area contributed by atoms with E-state index in [1.54, 1.807) is 0 Å². The smallest absolute Gasteiger partial charge is 0.00578 e. The molecule has 0 aromatic carbocycles. The molecule has 2 rings (SSSR count). The molecular weight excluding hydrogens is 190 g/mol. The predicted molar refractivity (Wildman–Crippen MR) is 62.9 cm³/mol. The Labute approximate surface area is 90.5 Å². The van der Waals surface area contributed by atoms with Crippen LogP contribution in [-0.2, 0) is 6.42 Å². The van der Waals surface area contributed by atoms with Crippen LogP contribution in [0.15, 0.2) is 17.5 Å². The zero-order valence-corrected chi connectivity index (χ0v) is 9.48. The quantitative estimate of drug-likeness (QED) is 0.710. The molecule has 0 aliphatic heterocycles. The van der Waals surface area contributed by atoms with E-state index in [0.717, 1.165) is 12.5 Å². The van der Waals surface area contributed by atoms with Crippen LogP contribution in [0.5, 0.6) is 0 Å². The fourth-order valence-electron chi connectivity index (χ4n) is 1.88. The van der Waals surface area contributed by atoms with Crippen molar-refractivity contribution in [3.63, 3.8) is 0 Å². The van der Waals surface area contributed by atoms with Crippen LogP contribution in [0.3, 0.4) is 0 Å². The fourth-order valence-corrected chi connectivity index (χ4v) is 2.59. The Kier molecular flexibility index (Phi) is 4.02. The van der Waals surface area contributed by atoms with E-state index < -0.39 is 0 Å². The molecule has 0 radical (unpaired) electrons. The summed E-state index contributed by atoms with van der Waals surface area (Å²) >= 11 is 1.86. The van der Waals surface area contributed by atoms with Crippen molar-refractivity contribution in [2.45, 2.75) is 32.1 Å². The first-order valence-corrected chi connectivity index (χ1v) is 6.56. The van der Waals surface area contributed by atoms with Crippen LogP contribution in [0, 0.1) is 5.92 Å². The topological polar surface area (TPSA) is 12.0 Å². The zero-order valence-electron chi connectivity index (χ0n) is 8.67. The van der Waals surface area contributed by atoms with E-state index in [4.69, 9.17) is 0 Å². The molecular formula is C12H19NS. The van der Waals surface area contributed by atoms with E-state index in [9.17, 15) is 0 Å². The molecule has 1 aliphatic rings.